The molecule has 2 aromatic carbocycles. The highest BCUT2D eigenvalue weighted by atomic mass is 35.5. The first-order valence-electron chi connectivity index (χ1n) is 8.91. The smallest absolute Gasteiger partial charge is 0.341 e. The molecule has 0 amide bonds. The molecule has 3 aromatic rings. The fraction of sp³-hybridized carbons (Fsp3) is 0.250. The average Bonchev–Trinajstić information content (AvgIpc) is 3.01. The van der Waals surface area contributed by atoms with Gasteiger partial charge in [-0.2, -0.15) is 0 Å². The zero-order valence-corrected chi connectivity index (χ0v) is 17.5. The molecule has 7 nitrogen and oxygen atoms in total. The van der Waals surface area contributed by atoms with E-state index in [0.29, 0.717) is 11.6 Å². The van der Waals surface area contributed by atoms with E-state index in [1.165, 1.54) is 18.2 Å². The second-order valence-corrected chi connectivity index (χ2v) is 9.11. The lowest BCUT2D eigenvalue weighted by molar-refractivity contribution is -0.139. The van der Waals surface area contributed by atoms with Gasteiger partial charge in [0.1, 0.15) is 5.75 Å². The van der Waals surface area contributed by atoms with Gasteiger partial charge in [-0.1, -0.05) is 25.4 Å². The summed E-state index contributed by atoms with van der Waals surface area (Å²) in [6, 6.07) is 11.2. The van der Waals surface area contributed by atoms with Crippen molar-refractivity contribution in [3.05, 3.63) is 53.7 Å². The van der Waals surface area contributed by atoms with Crippen molar-refractivity contribution in [3.8, 4) is 5.75 Å². The number of hydrogen-bond acceptors (Lipinski definition) is 4. The third kappa shape index (κ3) is 5.02. The minimum Gasteiger partial charge on any atom is -0.480 e. The molecular weight excluding hydrogens is 416 g/mol. The Bertz CT molecular complexity index is 1150. The highest BCUT2D eigenvalue weighted by Gasteiger charge is 2.17. The van der Waals surface area contributed by atoms with Crippen LogP contribution in [0.15, 0.2) is 53.6 Å². The summed E-state index contributed by atoms with van der Waals surface area (Å²) in [5.41, 5.74) is 1.46. The number of hydrogen-bond donors (Lipinski definition) is 2. The first-order chi connectivity index (χ1) is 13.7. The number of carboxylic acid groups (broad SMARTS) is 1. The maximum atomic E-state index is 12.7. The Morgan fingerprint density at radius 2 is 1.97 bits per heavy atom. The van der Waals surface area contributed by atoms with E-state index in [2.05, 4.69) is 23.1 Å². The number of aliphatic carboxylic acids is 1. The lowest BCUT2D eigenvalue weighted by Crippen LogP contribution is -2.13. The molecule has 0 aliphatic rings. The predicted octanol–water partition coefficient (Wildman–Crippen LogP) is 4.21. The van der Waals surface area contributed by atoms with Crippen molar-refractivity contribution in [2.75, 3.05) is 11.3 Å². The van der Waals surface area contributed by atoms with Gasteiger partial charge in [0.05, 0.1) is 9.92 Å². The van der Waals surface area contributed by atoms with Gasteiger partial charge in [0.25, 0.3) is 10.0 Å². The fourth-order valence-electron chi connectivity index (χ4n) is 2.94. The van der Waals surface area contributed by atoms with E-state index in [9.17, 15) is 13.2 Å². The minimum atomic E-state index is -3.88. The summed E-state index contributed by atoms with van der Waals surface area (Å²) in [7, 11) is -3.88. The van der Waals surface area contributed by atoms with E-state index >= 15 is 0 Å². The number of carboxylic acids is 1. The zero-order valence-electron chi connectivity index (χ0n) is 15.9. The second-order valence-electron chi connectivity index (χ2n) is 7.02. The fourth-order valence-corrected chi connectivity index (χ4v) is 4.31. The van der Waals surface area contributed by atoms with Gasteiger partial charge in [-0.05, 0) is 48.4 Å². The quantitative estimate of drug-likeness (QED) is 0.551. The zero-order chi connectivity index (χ0) is 21.2. The number of nitrogens with one attached hydrogen (secondary N) is 1. The maximum Gasteiger partial charge on any atom is 0.341 e. The molecule has 9 heteroatoms. The van der Waals surface area contributed by atoms with Crippen LogP contribution in [0.4, 0.5) is 5.69 Å². The van der Waals surface area contributed by atoms with Crippen molar-refractivity contribution >= 4 is 44.2 Å². The maximum absolute atomic E-state index is 12.7. The number of fused-ring (bicyclic) bond motifs is 1. The monoisotopic (exact) mass is 436 g/mol. The summed E-state index contributed by atoms with van der Waals surface area (Å²) in [6.07, 6.45) is 1.98. The van der Waals surface area contributed by atoms with Crippen LogP contribution in [0.3, 0.4) is 0 Å². The number of nitrogens with zero attached hydrogens (tertiary/aromatic N) is 1. The molecule has 0 aliphatic carbocycles. The Hall–Kier alpha value is -2.71. The van der Waals surface area contributed by atoms with Gasteiger partial charge in [-0.3, -0.25) is 4.72 Å². The molecule has 0 fully saturated rings. The molecule has 0 radical (unpaired) electrons. The van der Waals surface area contributed by atoms with Crippen LogP contribution in [0.1, 0.15) is 13.8 Å². The molecule has 154 valence electrons. The summed E-state index contributed by atoms with van der Waals surface area (Å²) < 4.78 is 35.1. The number of anilines is 1. The third-order valence-electron chi connectivity index (χ3n) is 4.15. The van der Waals surface area contributed by atoms with Crippen molar-refractivity contribution < 1.29 is 23.1 Å². The van der Waals surface area contributed by atoms with Gasteiger partial charge >= 0.3 is 5.97 Å². The van der Waals surface area contributed by atoms with Crippen molar-refractivity contribution in [1.29, 1.82) is 0 Å². The Balaban J connectivity index is 1.81. The number of carbonyl (C=O) groups is 1. The summed E-state index contributed by atoms with van der Waals surface area (Å²) >= 11 is 6.03. The summed E-state index contributed by atoms with van der Waals surface area (Å²) in [5, 5.41) is 9.60. The van der Waals surface area contributed by atoms with E-state index in [0.717, 1.165) is 17.4 Å². The lowest BCUT2D eigenvalue weighted by atomic mass is 10.2. The van der Waals surface area contributed by atoms with Gasteiger partial charge < -0.3 is 14.4 Å². The molecule has 0 unspecified atom stereocenters. The number of ether oxygens (including phenoxy) is 1. The molecule has 0 atom stereocenters. The standard InChI is InChI=1S/C20H21ClN2O5S/c1-13(2)11-23-8-7-14-9-15(3-5-18(14)23)22-29(26,27)16-4-6-19(17(21)10-16)28-12-20(24)25/h3-10,13,22H,11-12H2,1-2H3,(H,24,25). The second kappa shape index (κ2) is 8.34. The van der Waals surface area contributed by atoms with Crippen LogP contribution >= 0.6 is 11.6 Å². The first kappa shape index (κ1) is 21.0. The van der Waals surface area contributed by atoms with Gasteiger partial charge in [0, 0.05) is 29.3 Å². The van der Waals surface area contributed by atoms with Gasteiger partial charge in [0.15, 0.2) is 6.61 Å². The van der Waals surface area contributed by atoms with Gasteiger partial charge in [-0.15, -0.1) is 0 Å². The molecule has 29 heavy (non-hydrogen) atoms. The number of sulfonamides is 1. The molecule has 2 N–H and O–H groups in total. The highest BCUT2D eigenvalue weighted by molar-refractivity contribution is 7.92. The Labute approximate surface area is 173 Å². The van der Waals surface area contributed by atoms with Crippen molar-refractivity contribution in [2.45, 2.75) is 25.3 Å². The molecule has 0 saturated carbocycles. The van der Waals surface area contributed by atoms with Crippen LogP contribution in [-0.2, 0) is 21.4 Å². The molecule has 0 bridgehead atoms. The third-order valence-corrected chi connectivity index (χ3v) is 5.82. The first-order valence-corrected chi connectivity index (χ1v) is 10.8. The Morgan fingerprint density at radius 3 is 2.62 bits per heavy atom. The van der Waals surface area contributed by atoms with Crippen LogP contribution in [-0.4, -0.2) is 30.7 Å². The van der Waals surface area contributed by atoms with E-state index in [4.69, 9.17) is 21.4 Å². The number of benzene rings is 2. The summed E-state index contributed by atoms with van der Waals surface area (Å²) in [5.74, 6) is -0.561. The molecule has 0 saturated heterocycles. The highest BCUT2D eigenvalue weighted by Crippen LogP contribution is 2.29. The van der Waals surface area contributed by atoms with Crippen LogP contribution in [0.25, 0.3) is 10.9 Å². The topological polar surface area (TPSA) is 97.6 Å². The van der Waals surface area contributed by atoms with Crippen molar-refractivity contribution in [2.24, 2.45) is 5.92 Å². The summed E-state index contributed by atoms with van der Waals surface area (Å²) in [4.78, 5) is 10.5. The molecule has 3 rings (SSSR count). The van der Waals surface area contributed by atoms with E-state index in [1.54, 1.807) is 12.1 Å². The number of rotatable bonds is 8. The number of halogens is 1. The molecule has 0 aliphatic heterocycles. The average molecular weight is 437 g/mol. The largest absolute Gasteiger partial charge is 0.480 e. The van der Waals surface area contributed by atoms with Crippen molar-refractivity contribution in [3.63, 3.8) is 0 Å². The molecule has 1 heterocycles. The van der Waals surface area contributed by atoms with Crippen LogP contribution in [0, 0.1) is 5.92 Å². The number of aromatic nitrogens is 1. The SMILES string of the molecule is CC(C)Cn1ccc2cc(NS(=O)(=O)c3ccc(OCC(=O)O)c(Cl)c3)ccc21. The van der Waals surface area contributed by atoms with Crippen LogP contribution in [0.5, 0.6) is 5.75 Å². The van der Waals surface area contributed by atoms with Crippen molar-refractivity contribution in [1.82, 2.24) is 4.57 Å². The molecule has 1 aromatic heterocycles. The van der Waals surface area contributed by atoms with E-state index < -0.39 is 22.6 Å². The van der Waals surface area contributed by atoms with Crippen LogP contribution in [0.2, 0.25) is 5.02 Å². The van der Waals surface area contributed by atoms with Crippen LogP contribution < -0.4 is 9.46 Å². The lowest BCUT2D eigenvalue weighted by Gasteiger charge is -2.12. The minimum absolute atomic E-state index is 0.00957. The normalized spacial score (nSPS) is 11.7. The van der Waals surface area contributed by atoms with E-state index in [-0.39, 0.29) is 15.7 Å². The molecule has 0 spiro atoms. The van der Waals surface area contributed by atoms with Gasteiger partial charge in [0.2, 0.25) is 0 Å². The summed E-state index contributed by atoms with van der Waals surface area (Å²) in [6.45, 7) is 4.58. The Kier molecular flexibility index (Phi) is 6.04. The van der Waals surface area contributed by atoms with Gasteiger partial charge in [-0.25, -0.2) is 13.2 Å². The molecular formula is C20H21ClN2O5S. The van der Waals surface area contributed by atoms with E-state index in [1.807, 2.05) is 18.3 Å². The predicted molar refractivity (Wildman–Crippen MR) is 112 cm³/mol. The Morgan fingerprint density at radius 1 is 1.21 bits per heavy atom.